The summed E-state index contributed by atoms with van der Waals surface area (Å²) in [4.78, 5) is 13.0. The highest BCUT2D eigenvalue weighted by atomic mass is 16.5. The summed E-state index contributed by atoms with van der Waals surface area (Å²) in [6.45, 7) is 0. The third kappa shape index (κ3) is 2.30. The molecule has 0 heterocycles. The number of benzene rings is 3. The van der Waals surface area contributed by atoms with E-state index in [-0.39, 0.29) is 11.9 Å². The molecule has 26 heavy (non-hydrogen) atoms. The van der Waals surface area contributed by atoms with Gasteiger partial charge >= 0.3 is 5.97 Å². The minimum atomic E-state index is -0.256. The molecule has 0 spiro atoms. The van der Waals surface area contributed by atoms with Gasteiger partial charge in [0, 0.05) is 17.4 Å². The molecule has 0 atom stereocenters. The van der Waals surface area contributed by atoms with Crippen molar-refractivity contribution < 1.29 is 9.53 Å². The van der Waals surface area contributed by atoms with E-state index < -0.39 is 0 Å². The third-order valence-corrected chi connectivity index (χ3v) is 5.44. The van der Waals surface area contributed by atoms with Gasteiger partial charge < -0.3 is 4.74 Å². The van der Waals surface area contributed by atoms with Gasteiger partial charge in [-0.25, -0.2) is 4.79 Å². The molecule has 6 rings (SSSR count). The molecular formula is C24H18O2. The highest BCUT2D eigenvalue weighted by Gasteiger charge is 2.38. The summed E-state index contributed by atoms with van der Waals surface area (Å²) in [5, 5.41) is 0. The van der Waals surface area contributed by atoms with Crippen molar-refractivity contribution in [2.75, 3.05) is 0 Å². The van der Waals surface area contributed by atoms with Crippen molar-refractivity contribution in [3.05, 3.63) is 113 Å². The number of carbonyl (C=O) groups excluding carboxylic acids is 1. The zero-order valence-corrected chi connectivity index (χ0v) is 14.3. The number of hydrogen-bond acceptors (Lipinski definition) is 2. The van der Waals surface area contributed by atoms with E-state index in [4.69, 9.17) is 4.74 Å². The van der Waals surface area contributed by atoms with Gasteiger partial charge in [0.1, 0.15) is 5.75 Å². The standard InChI is InChI=1S/C24H18O2/c25-24(26-16-8-2-1-3-9-16)22-15-14-19-17-10-4-6-12-20(17)23(22)21-13-7-5-11-18(19)21/h1-13,15,19,23H,14H2. The minimum Gasteiger partial charge on any atom is -0.423 e. The van der Waals surface area contributed by atoms with Crippen LogP contribution >= 0.6 is 0 Å². The van der Waals surface area contributed by atoms with Crippen molar-refractivity contribution in [3.8, 4) is 5.75 Å². The number of carbonyl (C=O) groups is 1. The first kappa shape index (κ1) is 15.2. The fourth-order valence-corrected chi connectivity index (χ4v) is 4.32. The Bertz CT molecular complexity index is 970. The number of hydrogen-bond donors (Lipinski definition) is 0. The van der Waals surface area contributed by atoms with Gasteiger partial charge in [-0.2, -0.15) is 0 Å². The van der Waals surface area contributed by atoms with Crippen molar-refractivity contribution in [2.24, 2.45) is 0 Å². The summed E-state index contributed by atoms with van der Waals surface area (Å²) in [6.07, 6.45) is 2.91. The molecule has 0 fully saturated rings. The van der Waals surface area contributed by atoms with E-state index in [0.29, 0.717) is 11.7 Å². The zero-order valence-electron chi connectivity index (χ0n) is 14.3. The second-order valence-electron chi connectivity index (χ2n) is 6.84. The van der Waals surface area contributed by atoms with Gasteiger partial charge in [-0.05, 0) is 40.8 Å². The molecule has 2 bridgehead atoms. The first-order chi connectivity index (χ1) is 12.8. The maximum atomic E-state index is 13.0. The van der Waals surface area contributed by atoms with Gasteiger partial charge in [0.25, 0.3) is 0 Å². The van der Waals surface area contributed by atoms with Gasteiger partial charge in [0.15, 0.2) is 0 Å². The molecule has 3 aromatic carbocycles. The number of rotatable bonds is 2. The predicted octanol–water partition coefficient (Wildman–Crippen LogP) is 5.20. The van der Waals surface area contributed by atoms with Gasteiger partial charge in [0.05, 0.1) is 0 Å². The van der Waals surface area contributed by atoms with Crippen LogP contribution in [0.25, 0.3) is 0 Å². The molecule has 0 amide bonds. The predicted molar refractivity (Wildman–Crippen MR) is 101 cm³/mol. The van der Waals surface area contributed by atoms with E-state index in [1.165, 1.54) is 22.3 Å². The Morgan fingerprint density at radius 1 is 0.731 bits per heavy atom. The summed E-state index contributed by atoms with van der Waals surface area (Å²) in [7, 11) is 0. The molecule has 0 saturated carbocycles. The normalized spacial score (nSPS) is 19.8. The Balaban J connectivity index is 1.62. The van der Waals surface area contributed by atoms with Gasteiger partial charge in [-0.3, -0.25) is 0 Å². The van der Waals surface area contributed by atoms with Crippen LogP contribution in [0.2, 0.25) is 0 Å². The topological polar surface area (TPSA) is 26.3 Å². The summed E-state index contributed by atoms with van der Waals surface area (Å²) in [6, 6.07) is 26.3. The van der Waals surface area contributed by atoms with Crippen molar-refractivity contribution in [3.63, 3.8) is 0 Å². The van der Waals surface area contributed by atoms with Crippen molar-refractivity contribution in [1.82, 2.24) is 0 Å². The lowest BCUT2D eigenvalue weighted by molar-refractivity contribution is -0.130. The zero-order chi connectivity index (χ0) is 17.5. The van der Waals surface area contributed by atoms with Crippen LogP contribution in [0, 0.1) is 0 Å². The average Bonchev–Trinajstić information content (AvgIpc) is 2.97. The fraction of sp³-hybridized carbons (Fsp3) is 0.125. The quantitative estimate of drug-likeness (QED) is 0.474. The second kappa shape index (κ2) is 5.99. The molecule has 2 heteroatoms. The summed E-state index contributed by atoms with van der Waals surface area (Å²) in [5.74, 6) is 0.574. The maximum Gasteiger partial charge on any atom is 0.340 e. The molecule has 0 unspecified atom stereocenters. The van der Waals surface area contributed by atoms with E-state index >= 15 is 0 Å². The highest BCUT2D eigenvalue weighted by molar-refractivity contribution is 5.94. The van der Waals surface area contributed by atoms with Gasteiger partial charge in [-0.1, -0.05) is 72.8 Å². The Morgan fingerprint density at radius 2 is 1.27 bits per heavy atom. The second-order valence-corrected chi connectivity index (χ2v) is 6.84. The van der Waals surface area contributed by atoms with Gasteiger partial charge in [0.2, 0.25) is 0 Å². The Labute approximate surface area is 152 Å². The largest absolute Gasteiger partial charge is 0.423 e. The number of fused-ring (bicyclic) bond motifs is 1. The minimum absolute atomic E-state index is 0.0580. The SMILES string of the molecule is O=C(Oc1ccccc1)C1=CCC2c3ccccc3C1c1ccccc12. The lowest BCUT2D eigenvalue weighted by Gasteiger charge is -2.31. The van der Waals surface area contributed by atoms with E-state index in [9.17, 15) is 4.79 Å². The molecule has 0 N–H and O–H groups in total. The van der Waals surface area contributed by atoms with Crippen LogP contribution in [0.4, 0.5) is 0 Å². The van der Waals surface area contributed by atoms with Crippen LogP contribution in [-0.4, -0.2) is 5.97 Å². The smallest absolute Gasteiger partial charge is 0.340 e. The highest BCUT2D eigenvalue weighted by Crippen LogP contribution is 2.50. The van der Waals surface area contributed by atoms with Crippen molar-refractivity contribution in [2.45, 2.75) is 18.3 Å². The Morgan fingerprint density at radius 3 is 1.88 bits per heavy atom. The molecule has 0 aliphatic heterocycles. The molecule has 0 radical (unpaired) electrons. The monoisotopic (exact) mass is 338 g/mol. The molecule has 2 nitrogen and oxygen atoms in total. The first-order valence-corrected chi connectivity index (χ1v) is 8.98. The van der Waals surface area contributed by atoms with E-state index in [1.807, 2.05) is 30.3 Å². The van der Waals surface area contributed by atoms with Crippen molar-refractivity contribution >= 4 is 5.97 Å². The molecular weight excluding hydrogens is 320 g/mol. The van der Waals surface area contributed by atoms with E-state index in [1.54, 1.807) is 0 Å². The van der Waals surface area contributed by atoms with Crippen LogP contribution in [0.5, 0.6) is 5.75 Å². The third-order valence-electron chi connectivity index (χ3n) is 5.44. The summed E-state index contributed by atoms with van der Waals surface area (Å²) in [5.41, 5.74) is 5.86. The Kier molecular flexibility index (Phi) is 3.49. The van der Waals surface area contributed by atoms with Crippen LogP contribution in [-0.2, 0) is 4.79 Å². The Hall–Kier alpha value is -3.13. The number of esters is 1. The van der Waals surface area contributed by atoms with Crippen LogP contribution in [0.15, 0.2) is 90.5 Å². The van der Waals surface area contributed by atoms with Crippen LogP contribution < -0.4 is 4.74 Å². The summed E-state index contributed by atoms with van der Waals surface area (Å²) >= 11 is 0. The lowest BCUT2D eigenvalue weighted by atomic mass is 9.72. The van der Waals surface area contributed by atoms with E-state index in [0.717, 1.165) is 12.0 Å². The number of para-hydroxylation sites is 1. The van der Waals surface area contributed by atoms with Crippen molar-refractivity contribution in [1.29, 1.82) is 0 Å². The summed E-state index contributed by atoms with van der Waals surface area (Å²) < 4.78 is 5.68. The van der Waals surface area contributed by atoms with E-state index in [2.05, 4.69) is 54.6 Å². The first-order valence-electron chi connectivity index (χ1n) is 8.98. The van der Waals surface area contributed by atoms with Gasteiger partial charge in [-0.15, -0.1) is 0 Å². The van der Waals surface area contributed by atoms with Crippen LogP contribution in [0.1, 0.15) is 40.5 Å². The molecule has 3 aliphatic carbocycles. The molecule has 3 aliphatic rings. The molecule has 126 valence electrons. The molecule has 0 aromatic heterocycles. The number of ether oxygens (including phenoxy) is 1. The number of allylic oxidation sites excluding steroid dienone is 1. The average molecular weight is 338 g/mol. The molecule has 3 aromatic rings. The van der Waals surface area contributed by atoms with Crippen LogP contribution in [0.3, 0.4) is 0 Å². The fourth-order valence-electron chi connectivity index (χ4n) is 4.32. The lowest BCUT2D eigenvalue weighted by Crippen LogP contribution is -2.21. The molecule has 0 saturated heterocycles. The maximum absolute atomic E-state index is 13.0.